The van der Waals surface area contributed by atoms with Crippen LogP contribution in [0.15, 0.2) is 100 Å². The van der Waals surface area contributed by atoms with Crippen molar-refractivity contribution in [3.63, 3.8) is 0 Å². The first-order valence-electron chi connectivity index (χ1n) is 10.0. The molecule has 6 nitrogen and oxygen atoms in total. The van der Waals surface area contributed by atoms with Crippen molar-refractivity contribution in [3.8, 4) is 0 Å². The molecule has 3 aromatic rings. The lowest BCUT2D eigenvalue weighted by Crippen LogP contribution is -2.36. The Morgan fingerprint density at radius 2 is 1.19 bits per heavy atom. The summed E-state index contributed by atoms with van der Waals surface area (Å²) in [6.07, 6.45) is 1.00. The van der Waals surface area contributed by atoms with E-state index in [1.165, 1.54) is 24.3 Å². The monoisotopic (exact) mass is 469 g/mol. The molecule has 166 valence electrons. The summed E-state index contributed by atoms with van der Waals surface area (Å²) in [5.41, 5.74) is 2.59. The summed E-state index contributed by atoms with van der Waals surface area (Å²) in [5.74, 6) is 0. The first-order valence-corrected chi connectivity index (χ1v) is 12.9. The number of aryl methyl sites for hydroxylation is 2. The number of hydrogen-bond donors (Lipinski definition) is 0. The standard InChI is InChI=1S/C24H23NO5S2/c1-18-8-12-22(13-9-18)31(26,27)25(32(28,29)23-14-10-19(2)11-15-23)21-16-24(30-17-21)20-6-4-3-5-7-20/h3-16,24H,17H2,1-2H3. The van der Waals surface area contributed by atoms with Gasteiger partial charge in [-0.3, -0.25) is 0 Å². The third-order valence-corrected chi connectivity index (χ3v) is 9.45. The van der Waals surface area contributed by atoms with Crippen LogP contribution in [0.1, 0.15) is 22.8 Å². The number of hydrogen-bond acceptors (Lipinski definition) is 5. The maximum Gasteiger partial charge on any atom is 0.277 e. The Bertz CT molecular complexity index is 1270. The Morgan fingerprint density at radius 1 is 0.719 bits per heavy atom. The summed E-state index contributed by atoms with van der Waals surface area (Å²) < 4.78 is 60.7. The number of rotatable bonds is 6. The third-order valence-electron chi connectivity index (χ3n) is 5.19. The summed E-state index contributed by atoms with van der Waals surface area (Å²) in [6, 6.07) is 21.4. The first kappa shape index (κ1) is 22.3. The summed E-state index contributed by atoms with van der Waals surface area (Å²) >= 11 is 0. The van der Waals surface area contributed by atoms with E-state index < -0.39 is 26.2 Å². The Balaban J connectivity index is 1.85. The van der Waals surface area contributed by atoms with Crippen molar-refractivity contribution in [3.05, 3.63) is 107 Å². The fraction of sp³-hybridized carbons (Fsp3) is 0.167. The smallest absolute Gasteiger partial charge is 0.277 e. The van der Waals surface area contributed by atoms with Crippen LogP contribution >= 0.6 is 0 Å². The molecule has 32 heavy (non-hydrogen) atoms. The zero-order valence-electron chi connectivity index (χ0n) is 17.7. The zero-order chi connectivity index (χ0) is 22.9. The SMILES string of the molecule is Cc1ccc(S(=O)(=O)N(C2=CC(c3ccccc3)OC2)S(=O)(=O)c2ccc(C)cc2)cc1. The molecule has 3 aromatic carbocycles. The Kier molecular flexibility index (Phi) is 5.94. The average molecular weight is 470 g/mol. The van der Waals surface area contributed by atoms with Crippen molar-refractivity contribution < 1.29 is 21.6 Å². The number of benzene rings is 3. The van der Waals surface area contributed by atoms with Crippen LogP contribution in [0.5, 0.6) is 0 Å². The second-order valence-electron chi connectivity index (χ2n) is 7.63. The van der Waals surface area contributed by atoms with E-state index in [-0.39, 0.29) is 22.1 Å². The van der Waals surface area contributed by atoms with Gasteiger partial charge in [0.25, 0.3) is 20.0 Å². The maximum atomic E-state index is 13.6. The van der Waals surface area contributed by atoms with Crippen LogP contribution in [0.2, 0.25) is 0 Å². The van der Waals surface area contributed by atoms with E-state index in [1.54, 1.807) is 30.3 Å². The molecular formula is C24H23NO5S2. The van der Waals surface area contributed by atoms with E-state index >= 15 is 0 Å². The molecule has 0 saturated carbocycles. The molecule has 0 saturated heterocycles. The molecule has 0 aromatic heterocycles. The van der Waals surface area contributed by atoms with E-state index in [2.05, 4.69) is 0 Å². The first-order chi connectivity index (χ1) is 15.2. The average Bonchev–Trinajstić information content (AvgIpc) is 3.24. The third kappa shape index (κ3) is 4.21. The predicted octanol–water partition coefficient (Wildman–Crippen LogP) is 4.34. The summed E-state index contributed by atoms with van der Waals surface area (Å²) in [6.45, 7) is 3.50. The molecule has 0 amide bonds. The molecule has 0 radical (unpaired) electrons. The second kappa shape index (κ2) is 8.54. The van der Waals surface area contributed by atoms with Gasteiger partial charge in [-0.1, -0.05) is 65.7 Å². The minimum absolute atomic E-state index is 0.0556. The lowest BCUT2D eigenvalue weighted by Gasteiger charge is -2.24. The number of nitrogens with zero attached hydrogens (tertiary/aromatic N) is 1. The van der Waals surface area contributed by atoms with E-state index in [4.69, 9.17) is 4.74 Å². The van der Waals surface area contributed by atoms with Crippen LogP contribution in [-0.2, 0) is 24.8 Å². The van der Waals surface area contributed by atoms with Gasteiger partial charge in [-0.05, 0) is 49.8 Å². The molecule has 0 aliphatic carbocycles. The molecule has 0 N–H and O–H groups in total. The number of ether oxygens (including phenoxy) is 1. The minimum atomic E-state index is -4.43. The normalized spacial score (nSPS) is 16.6. The highest BCUT2D eigenvalue weighted by molar-refractivity contribution is 8.04. The van der Waals surface area contributed by atoms with Gasteiger partial charge in [-0.2, -0.15) is 3.71 Å². The van der Waals surface area contributed by atoms with Crippen molar-refractivity contribution in [1.82, 2.24) is 3.71 Å². The second-order valence-corrected chi connectivity index (χ2v) is 11.4. The van der Waals surface area contributed by atoms with Crippen molar-refractivity contribution in [1.29, 1.82) is 0 Å². The summed E-state index contributed by atoms with van der Waals surface area (Å²) in [7, 11) is -8.85. The van der Waals surface area contributed by atoms with Gasteiger partial charge in [-0.15, -0.1) is 0 Å². The minimum Gasteiger partial charge on any atom is -0.363 e. The molecule has 4 rings (SSSR count). The van der Waals surface area contributed by atoms with Gasteiger partial charge >= 0.3 is 0 Å². The highest BCUT2D eigenvalue weighted by Crippen LogP contribution is 2.35. The highest BCUT2D eigenvalue weighted by atomic mass is 32.3. The topological polar surface area (TPSA) is 80.8 Å². The van der Waals surface area contributed by atoms with Gasteiger partial charge in [0.15, 0.2) is 0 Å². The van der Waals surface area contributed by atoms with E-state index in [9.17, 15) is 16.8 Å². The van der Waals surface area contributed by atoms with E-state index in [0.29, 0.717) is 3.71 Å². The zero-order valence-corrected chi connectivity index (χ0v) is 19.3. The van der Waals surface area contributed by atoms with Crippen molar-refractivity contribution in [2.75, 3.05) is 6.61 Å². The fourth-order valence-electron chi connectivity index (χ4n) is 3.44. The quantitative estimate of drug-likeness (QED) is 0.537. The van der Waals surface area contributed by atoms with Gasteiger partial charge in [0, 0.05) is 0 Å². The van der Waals surface area contributed by atoms with Gasteiger partial charge in [0.05, 0.1) is 22.1 Å². The van der Waals surface area contributed by atoms with Crippen molar-refractivity contribution in [2.45, 2.75) is 29.7 Å². The lowest BCUT2D eigenvalue weighted by molar-refractivity contribution is 0.123. The molecule has 1 aliphatic rings. The van der Waals surface area contributed by atoms with Crippen LogP contribution in [0.3, 0.4) is 0 Å². The number of sulfonamides is 2. The Labute approximate surface area is 188 Å². The maximum absolute atomic E-state index is 13.6. The molecule has 1 aliphatic heterocycles. The summed E-state index contributed by atoms with van der Waals surface area (Å²) in [4.78, 5) is -0.217. The summed E-state index contributed by atoms with van der Waals surface area (Å²) in [5, 5.41) is 0. The molecule has 1 atom stereocenters. The Morgan fingerprint density at radius 3 is 1.66 bits per heavy atom. The molecular weight excluding hydrogens is 446 g/mol. The fourth-order valence-corrected chi connectivity index (χ4v) is 7.18. The van der Waals surface area contributed by atoms with Crippen LogP contribution in [0, 0.1) is 13.8 Å². The van der Waals surface area contributed by atoms with Gasteiger partial charge in [-0.25, -0.2) is 16.8 Å². The van der Waals surface area contributed by atoms with Crippen molar-refractivity contribution >= 4 is 20.0 Å². The highest BCUT2D eigenvalue weighted by Gasteiger charge is 2.40. The van der Waals surface area contributed by atoms with Gasteiger partial charge < -0.3 is 4.74 Å². The van der Waals surface area contributed by atoms with Crippen LogP contribution in [0.4, 0.5) is 0 Å². The molecule has 1 unspecified atom stereocenters. The van der Waals surface area contributed by atoms with E-state index in [0.717, 1.165) is 16.7 Å². The van der Waals surface area contributed by atoms with Gasteiger partial charge in [0.2, 0.25) is 0 Å². The van der Waals surface area contributed by atoms with Crippen LogP contribution in [0.25, 0.3) is 0 Å². The molecule has 1 heterocycles. The lowest BCUT2D eigenvalue weighted by atomic mass is 10.1. The Hall–Kier alpha value is -2.94. The van der Waals surface area contributed by atoms with Crippen LogP contribution in [-0.4, -0.2) is 27.2 Å². The van der Waals surface area contributed by atoms with Crippen molar-refractivity contribution in [2.24, 2.45) is 0 Å². The molecule has 0 bridgehead atoms. The van der Waals surface area contributed by atoms with E-state index in [1.807, 2.05) is 44.2 Å². The largest absolute Gasteiger partial charge is 0.363 e. The molecule has 0 spiro atoms. The predicted molar refractivity (Wildman–Crippen MR) is 122 cm³/mol. The van der Waals surface area contributed by atoms with Gasteiger partial charge in [0.1, 0.15) is 6.10 Å². The molecule has 0 fully saturated rings. The molecule has 8 heteroatoms. The van der Waals surface area contributed by atoms with Crippen LogP contribution < -0.4 is 0 Å².